The molecular weight excluding hydrogens is 277 g/mol. The van der Waals surface area contributed by atoms with Crippen LogP contribution in [0, 0.1) is 12.7 Å². The van der Waals surface area contributed by atoms with Crippen molar-refractivity contribution in [1.29, 1.82) is 0 Å². The molecule has 2 aromatic rings. The molecule has 0 unspecified atom stereocenters. The summed E-state index contributed by atoms with van der Waals surface area (Å²) in [6.45, 7) is 1.95. The predicted molar refractivity (Wildman–Crippen MR) is 79.2 cm³/mol. The van der Waals surface area contributed by atoms with Gasteiger partial charge >= 0.3 is 0 Å². The minimum atomic E-state index is -3.74. The van der Waals surface area contributed by atoms with E-state index in [1.165, 1.54) is 24.3 Å². The Labute approximate surface area is 117 Å². The Morgan fingerprint density at radius 2 is 1.70 bits per heavy atom. The smallest absolute Gasteiger partial charge is 0.255 e. The molecule has 0 bridgehead atoms. The Balaban J connectivity index is 2.15. The highest BCUT2D eigenvalue weighted by Crippen LogP contribution is 2.15. The number of sulfonamides is 1. The van der Waals surface area contributed by atoms with E-state index in [0.29, 0.717) is 0 Å². The number of aryl methyl sites for hydroxylation is 1. The lowest BCUT2D eigenvalue weighted by Crippen LogP contribution is -2.09. The van der Waals surface area contributed by atoms with E-state index in [2.05, 4.69) is 4.72 Å². The van der Waals surface area contributed by atoms with Crippen LogP contribution in [0.1, 0.15) is 11.1 Å². The van der Waals surface area contributed by atoms with E-state index < -0.39 is 15.8 Å². The van der Waals surface area contributed by atoms with Gasteiger partial charge in [-0.3, -0.25) is 4.72 Å². The number of nitrogens with one attached hydrogen (secondary N) is 1. The maximum absolute atomic E-state index is 13.4. The van der Waals surface area contributed by atoms with Gasteiger partial charge in [-0.05, 0) is 30.7 Å². The van der Waals surface area contributed by atoms with Crippen molar-refractivity contribution in [2.75, 3.05) is 4.72 Å². The van der Waals surface area contributed by atoms with Crippen molar-refractivity contribution >= 4 is 21.8 Å². The summed E-state index contributed by atoms with van der Waals surface area (Å²) in [6.07, 6.45) is 1.46. The number of rotatable bonds is 4. The Hall–Kier alpha value is -2.14. The molecule has 2 aromatic carbocycles. The summed E-state index contributed by atoms with van der Waals surface area (Å²) >= 11 is 0. The van der Waals surface area contributed by atoms with E-state index in [1.807, 2.05) is 31.2 Å². The van der Waals surface area contributed by atoms with Crippen LogP contribution in [0.25, 0.3) is 6.08 Å². The highest BCUT2D eigenvalue weighted by molar-refractivity contribution is 7.95. The lowest BCUT2D eigenvalue weighted by Gasteiger charge is -2.05. The monoisotopic (exact) mass is 291 g/mol. The molecule has 0 aliphatic rings. The number of hydrogen-bond acceptors (Lipinski definition) is 2. The molecule has 2 rings (SSSR count). The maximum Gasteiger partial charge on any atom is 0.255 e. The van der Waals surface area contributed by atoms with Gasteiger partial charge in [0.25, 0.3) is 10.0 Å². The molecule has 0 saturated heterocycles. The summed E-state index contributed by atoms with van der Waals surface area (Å²) in [6, 6.07) is 13.0. The second kappa shape index (κ2) is 5.88. The van der Waals surface area contributed by atoms with Crippen LogP contribution in [-0.2, 0) is 10.0 Å². The Morgan fingerprint density at radius 3 is 2.35 bits per heavy atom. The SMILES string of the molecule is Cc1ccc(/C=C/S(=O)(=O)Nc2ccccc2F)cc1. The van der Waals surface area contributed by atoms with Crippen LogP contribution >= 0.6 is 0 Å². The van der Waals surface area contributed by atoms with Crippen molar-refractivity contribution in [2.24, 2.45) is 0 Å². The van der Waals surface area contributed by atoms with Crippen molar-refractivity contribution in [3.8, 4) is 0 Å². The highest BCUT2D eigenvalue weighted by Gasteiger charge is 2.08. The fourth-order valence-corrected chi connectivity index (χ4v) is 2.45. The maximum atomic E-state index is 13.4. The molecular formula is C15H14FNO2S. The van der Waals surface area contributed by atoms with Gasteiger partial charge in [0, 0.05) is 0 Å². The first kappa shape index (κ1) is 14.3. The van der Waals surface area contributed by atoms with Crippen molar-refractivity contribution in [3.63, 3.8) is 0 Å². The molecule has 0 atom stereocenters. The Kier molecular flexibility index (Phi) is 4.20. The fourth-order valence-electron chi connectivity index (χ4n) is 1.58. The Bertz CT molecular complexity index is 722. The van der Waals surface area contributed by atoms with Crippen LogP contribution in [0.2, 0.25) is 0 Å². The molecule has 0 spiro atoms. The number of benzene rings is 2. The largest absolute Gasteiger partial charge is 0.277 e. The van der Waals surface area contributed by atoms with Crippen molar-refractivity contribution in [1.82, 2.24) is 0 Å². The van der Waals surface area contributed by atoms with Gasteiger partial charge in [-0.1, -0.05) is 42.0 Å². The van der Waals surface area contributed by atoms with Crippen LogP contribution in [0.3, 0.4) is 0 Å². The summed E-state index contributed by atoms with van der Waals surface area (Å²) in [4.78, 5) is 0. The van der Waals surface area contributed by atoms with Gasteiger partial charge in [0.1, 0.15) is 5.82 Å². The lowest BCUT2D eigenvalue weighted by atomic mass is 10.2. The normalized spacial score (nSPS) is 11.7. The molecule has 1 N–H and O–H groups in total. The molecule has 0 aromatic heterocycles. The number of para-hydroxylation sites is 1. The van der Waals surface area contributed by atoms with Crippen LogP contribution < -0.4 is 4.72 Å². The fraction of sp³-hybridized carbons (Fsp3) is 0.0667. The number of hydrogen-bond donors (Lipinski definition) is 1. The van der Waals surface area contributed by atoms with E-state index in [-0.39, 0.29) is 5.69 Å². The predicted octanol–water partition coefficient (Wildman–Crippen LogP) is 3.55. The van der Waals surface area contributed by atoms with Crippen molar-refractivity contribution in [2.45, 2.75) is 6.92 Å². The average molecular weight is 291 g/mol. The second-order valence-electron chi connectivity index (χ2n) is 4.34. The van der Waals surface area contributed by atoms with E-state index in [4.69, 9.17) is 0 Å². The third-order valence-electron chi connectivity index (χ3n) is 2.64. The molecule has 0 radical (unpaired) electrons. The van der Waals surface area contributed by atoms with Gasteiger partial charge in [0.2, 0.25) is 0 Å². The summed E-state index contributed by atoms with van der Waals surface area (Å²) in [5, 5.41) is 1.02. The van der Waals surface area contributed by atoms with Crippen molar-refractivity contribution in [3.05, 3.63) is 70.9 Å². The molecule has 0 saturated carbocycles. The molecule has 0 aliphatic carbocycles. The second-order valence-corrected chi connectivity index (χ2v) is 5.91. The number of anilines is 1. The minimum absolute atomic E-state index is 0.0685. The molecule has 3 nitrogen and oxygen atoms in total. The summed E-state index contributed by atoms with van der Waals surface area (Å²) < 4.78 is 39.2. The van der Waals surface area contributed by atoms with Gasteiger partial charge in [-0.25, -0.2) is 12.8 Å². The van der Waals surface area contributed by atoms with Crippen LogP contribution in [-0.4, -0.2) is 8.42 Å². The molecule has 5 heteroatoms. The topological polar surface area (TPSA) is 46.2 Å². The molecule has 104 valence electrons. The standard InChI is InChI=1S/C15H14FNO2S/c1-12-6-8-13(9-7-12)10-11-20(18,19)17-15-5-3-2-4-14(15)16/h2-11,17H,1H3/b11-10+. The van der Waals surface area contributed by atoms with Gasteiger partial charge in [0.05, 0.1) is 11.1 Å². The summed E-state index contributed by atoms with van der Waals surface area (Å²) in [5.74, 6) is -0.611. The van der Waals surface area contributed by atoms with Gasteiger partial charge < -0.3 is 0 Å². The summed E-state index contributed by atoms with van der Waals surface area (Å²) in [5.41, 5.74) is 1.78. The van der Waals surface area contributed by atoms with E-state index in [1.54, 1.807) is 6.07 Å². The van der Waals surface area contributed by atoms with E-state index in [0.717, 1.165) is 16.5 Å². The molecule has 0 fully saturated rings. The lowest BCUT2D eigenvalue weighted by molar-refractivity contribution is 0.606. The highest BCUT2D eigenvalue weighted by atomic mass is 32.2. The zero-order chi connectivity index (χ0) is 14.6. The zero-order valence-electron chi connectivity index (χ0n) is 10.9. The zero-order valence-corrected chi connectivity index (χ0v) is 11.7. The Morgan fingerprint density at radius 1 is 1.05 bits per heavy atom. The van der Waals surface area contributed by atoms with Crippen LogP contribution in [0.5, 0.6) is 0 Å². The quantitative estimate of drug-likeness (QED) is 0.936. The molecule has 20 heavy (non-hydrogen) atoms. The first-order valence-corrected chi connectivity index (χ1v) is 7.53. The number of halogens is 1. The average Bonchev–Trinajstić information content (AvgIpc) is 2.41. The first-order chi connectivity index (χ1) is 9.46. The molecule has 0 aliphatic heterocycles. The third kappa shape index (κ3) is 3.93. The van der Waals surface area contributed by atoms with E-state index in [9.17, 15) is 12.8 Å². The minimum Gasteiger partial charge on any atom is -0.277 e. The molecule has 0 amide bonds. The molecule has 0 heterocycles. The van der Waals surface area contributed by atoms with Gasteiger partial charge in [-0.15, -0.1) is 0 Å². The van der Waals surface area contributed by atoms with Crippen LogP contribution in [0.15, 0.2) is 53.9 Å². The third-order valence-corrected chi connectivity index (χ3v) is 3.64. The van der Waals surface area contributed by atoms with E-state index >= 15 is 0 Å². The summed E-state index contributed by atoms with van der Waals surface area (Å²) in [7, 11) is -3.74. The van der Waals surface area contributed by atoms with Crippen LogP contribution in [0.4, 0.5) is 10.1 Å². The van der Waals surface area contributed by atoms with Gasteiger partial charge in [-0.2, -0.15) is 0 Å². The van der Waals surface area contributed by atoms with Crippen molar-refractivity contribution < 1.29 is 12.8 Å². The van der Waals surface area contributed by atoms with Gasteiger partial charge in [0.15, 0.2) is 0 Å². The first-order valence-electron chi connectivity index (χ1n) is 5.98.